The van der Waals surface area contributed by atoms with Crippen LogP contribution in [0.4, 0.5) is 5.69 Å². The monoisotopic (exact) mass is 284 g/mol. The third kappa shape index (κ3) is 3.03. The van der Waals surface area contributed by atoms with E-state index in [1.807, 2.05) is 43.3 Å². The maximum absolute atomic E-state index is 11.0. The van der Waals surface area contributed by atoms with Crippen molar-refractivity contribution in [2.45, 2.75) is 13.3 Å². The molecular formula is C16H16N2OS. The van der Waals surface area contributed by atoms with Gasteiger partial charge >= 0.3 is 0 Å². The summed E-state index contributed by atoms with van der Waals surface area (Å²) in [6.07, 6.45) is 0.121. The zero-order valence-corrected chi connectivity index (χ0v) is 12.0. The van der Waals surface area contributed by atoms with Crippen LogP contribution >= 0.6 is 12.2 Å². The lowest BCUT2D eigenvalue weighted by Gasteiger charge is -2.11. The molecule has 0 aliphatic heterocycles. The summed E-state index contributed by atoms with van der Waals surface area (Å²) in [6.45, 7) is 2.02. The number of hydrogen-bond donors (Lipinski definition) is 2. The molecule has 0 aliphatic carbocycles. The number of carbonyl (C=O) groups excluding carboxylic acids is 1. The Labute approximate surface area is 123 Å². The number of nitrogen functional groups attached to an aromatic ring is 1. The Hall–Kier alpha value is -2.20. The molecule has 0 bridgehead atoms. The smallest absolute Gasteiger partial charge is 0.221 e. The number of rotatable bonds is 4. The van der Waals surface area contributed by atoms with E-state index in [2.05, 4.69) is 0 Å². The topological polar surface area (TPSA) is 69.1 Å². The molecule has 2 aromatic rings. The molecule has 3 nitrogen and oxygen atoms in total. The van der Waals surface area contributed by atoms with Gasteiger partial charge < -0.3 is 11.5 Å². The second kappa shape index (κ2) is 5.84. The summed E-state index contributed by atoms with van der Waals surface area (Å²) in [4.78, 5) is 11.7. The van der Waals surface area contributed by atoms with Crippen molar-refractivity contribution in [3.63, 3.8) is 0 Å². The van der Waals surface area contributed by atoms with E-state index in [4.69, 9.17) is 23.7 Å². The number of para-hydroxylation sites is 1. The number of thiocarbonyl (C=S) groups is 1. The summed E-state index contributed by atoms with van der Waals surface area (Å²) >= 11 is 5.49. The van der Waals surface area contributed by atoms with Crippen molar-refractivity contribution in [2.24, 2.45) is 5.73 Å². The van der Waals surface area contributed by atoms with E-state index in [0.717, 1.165) is 11.1 Å². The Morgan fingerprint density at radius 3 is 2.40 bits per heavy atom. The Balaban J connectivity index is 2.39. The second-order valence-corrected chi connectivity index (χ2v) is 5.12. The van der Waals surface area contributed by atoms with Crippen LogP contribution in [0.5, 0.6) is 0 Å². The fraction of sp³-hybridized carbons (Fsp3) is 0.125. The minimum atomic E-state index is -0.407. The van der Waals surface area contributed by atoms with E-state index < -0.39 is 5.91 Å². The highest BCUT2D eigenvalue weighted by atomic mass is 32.1. The first-order valence-electron chi connectivity index (χ1n) is 6.26. The van der Waals surface area contributed by atoms with E-state index in [1.54, 1.807) is 6.07 Å². The average Bonchev–Trinajstić information content (AvgIpc) is 2.41. The van der Waals surface area contributed by atoms with Crippen LogP contribution in [0, 0.1) is 6.92 Å². The van der Waals surface area contributed by atoms with Crippen molar-refractivity contribution in [1.82, 2.24) is 0 Å². The van der Waals surface area contributed by atoms with E-state index in [1.165, 1.54) is 5.56 Å². The van der Waals surface area contributed by atoms with Crippen molar-refractivity contribution >= 4 is 28.7 Å². The van der Waals surface area contributed by atoms with Gasteiger partial charge in [0.1, 0.15) is 0 Å². The van der Waals surface area contributed by atoms with Crippen LogP contribution in [0.15, 0.2) is 42.5 Å². The molecule has 20 heavy (non-hydrogen) atoms. The molecule has 0 radical (unpaired) electrons. The molecule has 2 aromatic carbocycles. The number of hydrogen-bond acceptors (Lipinski definition) is 3. The third-order valence-corrected chi connectivity index (χ3v) is 3.58. The quantitative estimate of drug-likeness (QED) is 0.514. The maximum Gasteiger partial charge on any atom is 0.221 e. The predicted octanol–water partition coefficient (Wildman–Crippen LogP) is 2.37. The molecule has 102 valence electrons. The first-order chi connectivity index (χ1) is 9.49. The molecule has 0 saturated carbocycles. The number of anilines is 1. The van der Waals surface area contributed by atoms with Crippen LogP contribution in [-0.4, -0.2) is 10.8 Å². The van der Waals surface area contributed by atoms with Crippen molar-refractivity contribution in [2.75, 3.05) is 5.73 Å². The van der Waals surface area contributed by atoms with Gasteiger partial charge in [-0.2, -0.15) is 0 Å². The van der Waals surface area contributed by atoms with E-state index in [9.17, 15) is 4.79 Å². The fourth-order valence-corrected chi connectivity index (χ4v) is 2.33. The number of nitrogens with two attached hydrogens (primary N) is 2. The van der Waals surface area contributed by atoms with Crippen molar-refractivity contribution in [3.8, 4) is 0 Å². The summed E-state index contributed by atoms with van der Waals surface area (Å²) in [5.74, 6) is -0.407. The molecule has 0 spiro atoms. The number of amides is 1. The summed E-state index contributed by atoms with van der Waals surface area (Å²) in [5, 5.41) is 0. The van der Waals surface area contributed by atoms with Gasteiger partial charge in [0.25, 0.3) is 0 Å². The Kier molecular flexibility index (Phi) is 4.15. The molecular weight excluding hydrogens is 268 g/mol. The van der Waals surface area contributed by atoms with Crippen LogP contribution in [-0.2, 0) is 11.2 Å². The highest BCUT2D eigenvalue weighted by molar-refractivity contribution is 7.81. The average molecular weight is 284 g/mol. The maximum atomic E-state index is 11.0. The molecule has 0 heterocycles. The van der Waals surface area contributed by atoms with Gasteiger partial charge in [-0.25, -0.2) is 0 Å². The zero-order chi connectivity index (χ0) is 14.7. The number of benzene rings is 2. The number of carbonyl (C=O) groups is 1. The zero-order valence-electron chi connectivity index (χ0n) is 11.2. The largest absolute Gasteiger partial charge is 0.398 e. The van der Waals surface area contributed by atoms with Gasteiger partial charge in [0, 0.05) is 11.3 Å². The minimum Gasteiger partial charge on any atom is -0.398 e. The molecule has 0 saturated heterocycles. The lowest BCUT2D eigenvalue weighted by atomic mass is 9.98. The van der Waals surface area contributed by atoms with Crippen LogP contribution in [0.1, 0.15) is 22.3 Å². The molecule has 0 aliphatic rings. The van der Waals surface area contributed by atoms with Crippen molar-refractivity contribution in [3.05, 3.63) is 64.7 Å². The number of primary amides is 1. The minimum absolute atomic E-state index is 0.121. The third-order valence-electron chi connectivity index (χ3n) is 3.12. The molecule has 4 N–H and O–H groups in total. The van der Waals surface area contributed by atoms with E-state index in [-0.39, 0.29) is 6.42 Å². The standard InChI is InChI=1S/C16H16N2OS/c1-10-5-7-11(8-6-10)16(20)13-4-2-3-12(15(13)18)9-14(17)19/h2-8H,9,18H2,1H3,(H2,17,19). The summed E-state index contributed by atoms with van der Waals surface area (Å²) < 4.78 is 0. The second-order valence-electron chi connectivity index (χ2n) is 4.72. The summed E-state index contributed by atoms with van der Waals surface area (Å²) in [5.41, 5.74) is 15.4. The Bertz CT molecular complexity index is 663. The summed E-state index contributed by atoms with van der Waals surface area (Å²) in [6, 6.07) is 13.4. The van der Waals surface area contributed by atoms with Crippen LogP contribution in [0.3, 0.4) is 0 Å². The molecule has 2 rings (SSSR count). The highest BCUT2D eigenvalue weighted by Gasteiger charge is 2.12. The van der Waals surface area contributed by atoms with Gasteiger partial charge in [0.2, 0.25) is 5.91 Å². The first kappa shape index (κ1) is 14.2. The lowest BCUT2D eigenvalue weighted by molar-refractivity contribution is -0.117. The molecule has 4 heteroatoms. The van der Waals surface area contributed by atoms with Crippen LogP contribution < -0.4 is 11.5 Å². The Morgan fingerprint density at radius 1 is 1.15 bits per heavy atom. The van der Waals surface area contributed by atoms with Gasteiger partial charge in [0.05, 0.1) is 11.3 Å². The normalized spacial score (nSPS) is 10.2. The van der Waals surface area contributed by atoms with Gasteiger partial charge in [-0.3, -0.25) is 4.79 Å². The van der Waals surface area contributed by atoms with Gasteiger partial charge in [-0.1, -0.05) is 60.2 Å². The first-order valence-corrected chi connectivity index (χ1v) is 6.67. The number of aryl methyl sites for hydroxylation is 1. The van der Waals surface area contributed by atoms with Crippen LogP contribution in [0.2, 0.25) is 0 Å². The van der Waals surface area contributed by atoms with Gasteiger partial charge in [0.15, 0.2) is 0 Å². The van der Waals surface area contributed by atoms with Gasteiger partial charge in [-0.05, 0) is 18.1 Å². The van der Waals surface area contributed by atoms with Crippen molar-refractivity contribution in [1.29, 1.82) is 0 Å². The van der Waals surface area contributed by atoms with Crippen LogP contribution in [0.25, 0.3) is 0 Å². The molecule has 0 fully saturated rings. The van der Waals surface area contributed by atoms with E-state index in [0.29, 0.717) is 16.1 Å². The molecule has 0 aromatic heterocycles. The SMILES string of the molecule is Cc1ccc(C(=S)c2cccc(CC(N)=O)c2N)cc1. The van der Waals surface area contributed by atoms with Crippen molar-refractivity contribution < 1.29 is 4.79 Å². The summed E-state index contributed by atoms with van der Waals surface area (Å²) in [7, 11) is 0. The molecule has 0 atom stereocenters. The molecule has 0 unspecified atom stereocenters. The Morgan fingerprint density at radius 2 is 1.80 bits per heavy atom. The highest BCUT2D eigenvalue weighted by Crippen LogP contribution is 2.22. The lowest BCUT2D eigenvalue weighted by Crippen LogP contribution is -2.16. The predicted molar refractivity (Wildman–Crippen MR) is 85.7 cm³/mol. The van der Waals surface area contributed by atoms with Gasteiger partial charge in [-0.15, -0.1) is 0 Å². The van der Waals surface area contributed by atoms with E-state index >= 15 is 0 Å². The fourth-order valence-electron chi connectivity index (χ4n) is 2.01. The molecule has 1 amide bonds.